The van der Waals surface area contributed by atoms with Crippen molar-refractivity contribution in [2.24, 2.45) is 17.6 Å². The monoisotopic (exact) mass is 159 g/mol. The van der Waals surface area contributed by atoms with Crippen LogP contribution in [-0.2, 0) is 4.79 Å². The normalized spacial score (nSPS) is 32.5. The number of hydrogen-bond acceptors (Lipinski definition) is 2. The average molecular weight is 159 g/mol. The van der Waals surface area contributed by atoms with Gasteiger partial charge in [0.1, 0.15) is 5.92 Å². The Morgan fingerprint density at radius 3 is 2.55 bits per heavy atom. The fourth-order valence-corrected chi connectivity index (χ4v) is 1.13. The molecular formula is C7H7F2NO. The molecule has 0 saturated heterocycles. The summed E-state index contributed by atoms with van der Waals surface area (Å²) in [7, 11) is 0. The van der Waals surface area contributed by atoms with E-state index in [9.17, 15) is 13.6 Å². The molecule has 0 amide bonds. The van der Waals surface area contributed by atoms with Crippen molar-refractivity contribution in [3.8, 4) is 12.3 Å². The number of alkyl halides is 2. The van der Waals surface area contributed by atoms with Gasteiger partial charge in [-0.2, -0.15) is 0 Å². The first-order valence-corrected chi connectivity index (χ1v) is 3.14. The minimum absolute atomic E-state index is 0.189. The molecule has 1 rings (SSSR count). The largest absolute Gasteiger partial charge is 0.330 e. The van der Waals surface area contributed by atoms with Crippen LogP contribution >= 0.6 is 0 Å². The van der Waals surface area contributed by atoms with Gasteiger partial charge in [0, 0.05) is 6.54 Å². The summed E-state index contributed by atoms with van der Waals surface area (Å²) < 4.78 is 25.0. The Morgan fingerprint density at radius 1 is 1.73 bits per heavy atom. The highest BCUT2D eigenvalue weighted by atomic mass is 19.3. The topological polar surface area (TPSA) is 43.1 Å². The Bertz CT molecular complexity index is 231. The fraction of sp³-hybridized carbons (Fsp3) is 0.571. The van der Waals surface area contributed by atoms with Crippen molar-refractivity contribution in [1.29, 1.82) is 0 Å². The number of hydrogen-bond donors (Lipinski definition) is 1. The molecular weight excluding hydrogens is 152 g/mol. The van der Waals surface area contributed by atoms with E-state index in [2.05, 4.69) is 6.42 Å². The molecule has 0 bridgehead atoms. The molecule has 2 atom stereocenters. The lowest BCUT2D eigenvalue weighted by atomic mass is 10.2. The number of ketones is 1. The molecule has 4 heteroatoms. The second kappa shape index (κ2) is 2.28. The van der Waals surface area contributed by atoms with Gasteiger partial charge in [-0.3, -0.25) is 4.79 Å². The van der Waals surface area contributed by atoms with E-state index < -0.39 is 23.5 Å². The van der Waals surface area contributed by atoms with Crippen LogP contribution in [0.15, 0.2) is 0 Å². The van der Waals surface area contributed by atoms with E-state index in [4.69, 9.17) is 5.73 Å². The maximum absolute atomic E-state index is 12.5. The zero-order valence-corrected chi connectivity index (χ0v) is 5.68. The van der Waals surface area contributed by atoms with Gasteiger partial charge in [0.25, 0.3) is 5.92 Å². The Morgan fingerprint density at radius 2 is 2.27 bits per heavy atom. The van der Waals surface area contributed by atoms with Crippen LogP contribution in [0.2, 0.25) is 0 Å². The number of terminal acetylenes is 1. The number of nitrogens with two attached hydrogens (primary N) is 1. The molecule has 0 aromatic carbocycles. The molecule has 1 fully saturated rings. The zero-order chi connectivity index (χ0) is 8.65. The number of carbonyl (C=O) groups is 1. The van der Waals surface area contributed by atoms with E-state index in [0.717, 1.165) is 0 Å². The minimum Gasteiger partial charge on any atom is -0.330 e. The molecule has 0 radical (unpaired) electrons. The van der Waals surface area contributed by atoms with Gasteiger partial charge in [0.15, 0.2) is 0 Å². The van der Waals surface area contributed by atoms with Gasteiger partial charge in [-0.25, -0.2) is 8.78 Å². The standard InChI is InChI=1S/C7H7F2NO/c1-2-5(11)6-4(3-10)7(6,8)9/h1,4,6H,3,10H2/t4-,6-/m0/s1. The van der Waals surface area contributed by atoms with Crippen LogP contribution < -0.4 is 5.73 Å². The van der Waals surface area contributed by atoms with E-state index >= 15 is 0 Å². The summed E-state index contributed by atoms with van der Waals surface area (Å²) >= 11 is 0. The van der Waals surface area contributed by atoms with E-state index in [1.165, 1.54) is 0 Å². The molecule has 60 valence electrons. The van der Waals surface area contributed by atoms with E-state index in [0.29, 0.717) is 0 Å². The molecule has 0 aliphatic heterocycles. The van der Waals surface area contributed by atoms with Gasteiger partial charge in [0.2, 0.25) is 5.78 Å². The van der Waals surface area contributed by atoms with Gasteiger partial charge in [-0.1, -0.05) is 0 Å². The van der Waals surface area contributed by atoms with Crippen molar-refractivity contribution in [2.75, 3.05) is 6.54 Å². The number of Topliss-reactive ketones (excluding diaryl/α,β-unsaturated/α-hetero) is 1. The molecule has 11 heavy (non-hydrogen) atoms. The van der Waals surface area contributed by atoms with Crippen molar-refractivity contribution >= 4 is 5.78 Å². The quantitative estimate of drug-likeness (QED) is 0.456. The second-order valence-corrected chi connectivity index (χ2v) is 2.50. The van der Waals surface area contributed by atoms with Gasteiger partial charge in [-0.15, -0.1) is 6.42 Å². The summed E-state index contributed by atoms with van der Waals surface area (Å²) in [6.45, 7) is -0.189. The molecule has 0 heterocycles. The van der Waals surface area contributed by atoms with Crippen LogP contribution in [0.1, 0.15) is 0 Å². The molecule has 1 saturated carbocycles. The first kappa shape index (κ1) is 8.15. The molecule has 1 aliphatic carbocycles. The van der Waals surface area contributed by atoms with Crippen LogP contribution in [0.25, 0.3) is 0 Å². The van der Waals surface area contributed by atoms with Crippen molar-refractivity contribution in [3.05, 3.63) is 0 Å². The molecule has 0 spiro atoms. The maximum atomic E-state index is 12.5. The first-order chi connectivity index (χ1) is 5.05. The fourth-order valence-electron chi connectivity index (χ4n) is 1.13. The van der Waals surface area contributed by atoms with E-state index in [-0.39, 0.29) is 6.54 Å². The Kier molecular flexibility index (Phi) is 1.69. The summed E-state index contributed by atoms with van der Waals surface area (Å²) in [6.07, 6.45) is 4.68. The van der Waals surface area contributed by atoms with Crippen LogP contribution in [0.3, 0.4) is 0 Å². The summed E-state index contributed by atoms with van der Waals surface area (Å²) in [5, 5.41) is 0. The third-order valence-corrected chi connectivity index (χ3v) is 1.88. The predicted octanol–water partition coefficient (Wildman–Crippen LogP) is 0.0287. The second-order valence-electron chi connectivity index (χ2n) is 2.50. The lowest BCUT2D eigenvalue weighted by Crippen LogP contribution is -2.07. The van der Waals surface area contributed by atoms with E-state index in [1.807, 2.05) is 0 Å². The molecule has 2 N–H and O–H groups in total. The Balaban J connectivity index is 2.68. The predicted molar refractivity (Wildman–Crippen MR) is 34.8 cm³/mol. The minimum atomic E-state index is -2.96. The van der Waals surface area contributed by atoms with Crippen LogP contribution in [0, 0.1) is 24.2 Å². The van der Waals surface area contributed by atoms with Gasteiger partial charge in [0.05, 0.1) is 5.92 Å². The van der Waals surface area contributed by atoms with Gasteiger partial charge in [-0.05, 0) is 5.92 Å². The van der Waals surface area contributed by atoms with Gasteiger partial charge < -0.3 is 5.73 Å². The summed E-state index contributed by atoms with van der Waals surface area (Å²) in [5.74, 6) is -4.49. The third-order valence-electron chi connectivity index (χ3n) is 1.88. The molecule has 0 unspecified atom stereocenters. The summed E-state index contributed by atoms with van der Waals surface area (Å²) in [4.78, 5) is 10.6. The summed E-state index contributed by atoms with van der Waals surface area (Å²) in [5.41, 5.74) is 4.99. The Labute approximate surface area is 62.8 Å². The number of halogens is 2. The maximum Gasteiger partial charge on any atom is 0.264 e. The lowest BCUT2D eigenvalue weighted by Gasteiger charge is -1.87. The SMILES string of the molecule is C#CC(=O)[C@@H]1[C@H](CN)C1(F)F. The van der Waals surface area contributed by atoms with Gasteiger partial charge >= 0.3 is 0 Å². The third kappa shape index (κ3) is 1.02. The highest BCUT2D eigenvalue weighted by molar-refractivity contribution is 5.99. The van der Waals surface area contributed by atoms with Crippen LogP contribution in [-0.4, -0.2) is 18.3 Å². The molecule has 0 aromatic heterocycles. The summed E-state index contributed by atoms with van der Waals surface area (Å²) in [6, 6.07) is 0. The highest BCUT2D eigenvalue weighted by Gasteiger charge is 2.70. The van der Waals surface area contributed by atoms with Crippen molar-refractivity contribution < 1.29 is 13.6 Å². The lowest BCUT2D eigenvalue weighted by molar-refractivity contribution is -0.116. The highest BCUT2D eigenvalue weighted by Crippen LogP contribution is 2.54. The molecule has 0 aromatic rings. The van der Waals surface area contributed by atoms with Crippen LogP contribution in [0.5, 0.6) is 0 Å². The Hall–Kier alpha value is -0.950. The zero-order valence-electron chi connectivity index (χ0n) is 5.68. The number of carbonyl (C=O) groups excluding carboxylic acids is 1. The van der Waals surface area contributed by atoms with Crippen molar-refractivity contribution in [2.45, 2.75) is 5.92 Å². The van der Waals surface area contributed by atoms with Crippen molar-refractivity contribution in [3.63, 3.8) is 0 Å². The number of rotatable bonds is 2. The molecule has 1 aliphatic rings. The molecule has 2 nitrogen and oxygen atoms in total. The van der Waals surface area contributed by atoms with E-state index in [1.54, 1.807) is 5.92 Å². The van der Waals surface area contributed by atoms with Crippen LogP contribution in [0.4, 0.5) is 8.78 Å². The average Bonchev–Trinajstić information content (AvgIpc) is 2.51. The van der Waals surface area contributed by atoms with Crippen molar-refractivity contribution in [1.82, 2.24) is 0 Å². The smallest absolute Gasteiger partial charge is 0.264 e. The first-order valence-electron chi connectivity index (χ1n) is 3.14.